The van der Waals surface area contributed by atoms with E-state index in [1.807, 2.05) is 50.5 Å². The monoisotopic (exact) mass is 372 g/mol. The summed E-state index contributed by atoms with van der Waals surface area (Å²) in [4.78, 5) is 7.00. The van der Waals surface area contributed by atoms with Crippen LogP contribution in [0.2, 0.25) is 0 Å². The Morgan fingerprint density at radius 2 is 1.68 bits per heavy atom. The van der Waals surface area contributed by atoms with E-state index in [9.17, 15) is 0 Å². The third kappa shape index (κ3) is 3.16. The largest absolute Gasteiger partial charge is 0.495 e. The van der Waals surface area contributed by atoms with Gasteiger partial charge in [-0.2, -0.15) is 0 Å². The van der Waals surface area contributed by atoms with E-state index in [2.05, 4.69) is 51.9 Å². The molecule has 0 aliphatic heterocycles. The molecule has 0 aliphatic rings. The normalized spacial score (nSPS) is 10.9. The number of anilines is 3. The summed E-state index contributed by atoms with van der Waals surface area (Å²) >= 11 is 0. The lowest BCUT2D eigenvalue weighted by Gasteiger charge is -2.14. The third-order valence-corrected chi connectivity index (χ3v) is 4.86. The Balaban J connectivity index is 1.89. The van der Waals surface area contributed by atoms with Gasteiger partial charge >= 0.3 is 0 Å². The predicted molar refractivity (Wildman–Crippen MR) is 116 cm³/mol. The van der Waals surface area contributed by atoms with Gasteiger partial charge in [-0.05, 0) is 43.3 Å². The van der Waals surface area contributed by atoms with Crippen LogP contribution in [0, 0.1) is 6.92 Å². The molecule has 5 heteroatoms. The van der Waals surface area contributed by atoms with E-state index in [4.69, 9.17) is 9.72 Å². The van der Waals surface area contributed by atoms with Crippen molar-refractivity contribution in [3.05, 3.63) is 72.4 Å². The molecular formula is C23H24N4O. The van der Waals surface area contributed by atoms with Gasteiger partial charge in [-0.25, -0.2) is 4.98 Å². The Morgan fingerprint density at radius 1 is 0.929 bits per heavy atom. The predicted octanol–water partition coefficient (Wildman–Crippen LogP) is 5.13. The SMILES string of the molecule is COc1ccccc1Nc1c(-c2ccc(N(C)C)cc2)nc2cccc(C)n12. The summed E-state index contributed by atoms with van der Waals surface area (Å²) in [5.74, 6) is 1.72. The summed E-state index contributed by atoms with van der Waals surface area (Å²) in [7, 11) is 5.76. The Kier molecular flexibility index (Phi) is 4.65. The van der Waals surface area contributed by atoms with Crippen LogP contribution in [-0.2, 0) is 0 Å². The van der Waals surface area contributed by atoms with Gasteiger partial charge in [0.1, 0.15) is 22.9 Å². The van der Waals surface area contributed by atoms with Gasteiger partial charge in [0.05, 0.1) is 12.8 Å². The zero-order valence-corrected chi connectivity index (χ0v) is 16.6. The molecule has 2 aromatic heterocycles. The smallest absolute Gasteiger partial charge is 0.143 e. The molecule has 4 rings (SSSR count). The van der Waals surface area contributed by atoms with Crippen LogP contribution in [0.4, 0.5) is 17.2 Å². The number of rotatable bonds is 5. The molecule has 0 bridgehead atoms. The number of nitrogens with one attached hydrogen (secondary N) is 1. The quantitative estimate of drug-likeness (QED) is 0.527. The highest BCUT2D eigenvalue weighted by Crippen LogP contribution is 2.35. The lowest BCUT2D eigenvalue weighted by Crippen LogP contribution is -2.08. The van der Waals surface area contributed by atoms with Gasteiger partial charge in [-0.3, -0.25) is 4.40 Å². The first kappa shape index (κ1) is 17.9. The maximum absolute atomic E-state index is 5.53. The minimum absolute atomic E-state index is 0.792. The van der Waals surface area contributed by atoms with Crippen molar-refractivity contribution >= 4 is 22.8 Å². The molecule has 1 N–H and O–H groups in total. The molecule has 0 saturated carbocycles. The van der Waals surface area contributed by atoms with Gasteiger partial charge < -0.3 is 15.0 Å². The van der Waals surface area contributed by atoms with Crippen LogP contribution in [0.25, 0.3) is 16.9 Å². The lowest BCUT2D eigenvalue weighted by atomic mass is 10.1. The van der Waals surface area contributed by atoms with Gasteiger partial charge in [-0.15, -0.1) is 0 Å². The van der Waals surface area contributed by atoms with Crippen LogP contribution >= 0.6 is 0 Å². The van der Waals surface area contributed by atoms with Crippen LogP contribution < -0.4 is 15.0 Å². The van der Waals surface area contributed by atoms with Gasteiger partial charge in [-0.1, -0.05) is 30.3 Å². The number of aromatic nitrogens is 2. The van der Waals surface area contributed by atoms with Crippen molar-refractivity contribution in [1.82, 2.24) is 9.38 Å². The highest BCUT2D eigenvalue weighted by molar-refractivity contribution is 5.81. The second-order valence-corrected chi connectivity index (χ2v) is 6.94. The zero-order valence-electron chi connectivity index (χ0n) is 16.6. The molecule has 0 fully saturated rings. The molecule has 142 valence electrons. The molecular weight excluding hydrogens is 348 g/mol. The topological polar surface area (TPSA) is 41.8 Å². The van der Waals surface area contributed by atoms with Crippen molar-refractivity contribution in [3.63, 3.8) is 0 Å². The first-order valence-electron chi connectivity index (χ1n) is 9.24. The van der Waals surface area contributed by atoms with Crippen LogP contribution in [0.5, 0.6) is 5.75 Å². The number of pyridine rings is 1. The molecule has 0 spiro atoms. The molecule has 0 atom stereocenters. The van der Waals surface area contributed by atoms with Gasteiger partial charge in [0.25, 0.3) is 0 Å². The number of ether oxygens (including phenoxy) is 1. The fourth-order valence-electron chi connectivity index (χ4n) is 3.36. The highest BCUT2D eigenvalue weighted by atomic mass is 16.5. The number of hydrogen-bond donors (Lipinski definition) is 1. The van der Waals surface area contributed by atoms with Gasteiger partial charge in [0, 0.05) is 31.0 Å². The maximum atomic E-state index is 5.53. The van der Waals surface area contributed by atoms with E-state index < -0.39 is 0 Å². The van der Waals surface area contributed by atoms with Crippen molar-refractivity contribution in [2.45, 2.75) is 6.92 Å². The fraction of sp³-hybridized carbons (Fsp3) is 0.174. The summed E-state index contributed by atoms with van der Waals surface area (Å²) in [6.45, 7) is 2.08. The van der Waals surface area contributed by atoms with Crippen molar-refractivity contribution in [1.29, 1.82) is 0 Å². The highest BCUT2D eigenvalue weighted by Gasteiger charge is 2.17. The summed E-state index contributed by atoms with van der Waals surface area (Å²) in [6, 6.07) is 22.5. The molecule has 0 saturated heterocycles. The molecule has 2 aromatic carbocycles. The van der Waals surface area contributed by atoms with Gasteiger partial charge in [0.15, 0.2) is 0 Å². The number of fused-ring (bicyclic) bond motifs is 1. The molecule has 2 heterocycles. The number of aryl methyl sites for hydroxylation is 1. The van der Waals surface area contributed by atoms with Crippen LogP contribution in [0.15, 0.2) is 66.7 Å². The maximum Gasteiger partial charge on any atom is 0.143 e. The Bertz CT molecular complexity index is 1110. The third-order valence-electron chi connectivity index (χ3n) is 4.86. The summed E-state index contributed by atoms with van der Waals surface area (Å²) in [6.07, 6.45) is 0. The van der Waals surface area contributed by atoms with E-state index in [-0.39, 0.29) is 0 Å². The van der Waals surface area contributed by atoms with E-state index in [1.54, 1.807) is 7.11 Å². The molecule has 0 aliphatic carbocycles. The second-order valence-electron chi connectivity index (χ2n) is 6.94. The summed E-state index contributed by atoms with van der Waals surface area (Å²) in [5, 5.41) is 3.56. The van der Waals surface area contributed by atoms with Gasteiger partial charge in [0.2, 0.25) is 0 Å². The first-order chi connectivity index (χ1) is 13.6. The van der Waals surface area contributed by atoms with Crippen molar-refractivity contribution in [2.24, 2.45) is 0 Å². The van der Waals surface area contributed by atoms with Crippen LogP contribution in [0.3, 0.4) is 0 Å². The Labute approximate surface area is 165 Å². The van der Waals surface area contributed by atoms with Crippen LogP contribution in [-0.4, -0.2) is 30.6 Å². The zero-order chi connectivity index (χ0) is 19.7. The number of nitrogens with zero attached hydrogens (tertiary/aromatic N) is 3. The summed E-state index contributed by atoms with van der Waals surface area (Å²) < 4.78 is 7.67. The standard InChI is InChI=1S/C23H24N4O/c1-16-8-7-11-21-25-22(17-12-14-18(15-13-17)26(2)3)23(27(16)21)24-19-9-5-6-10-20(19)28-4/h5-15,24H,1-4H3. The number of methoxy groups -OCH3 is 1. The molecule has 5 nitrogen and oxygen atoms in total. The Morgan fingerprint density at radius 3 is 2.39 bits per heavy atom. The summed E-state index contributed by atoms with van der Waals surface area (Å²) in [5.41, 5.74) is 6.04. The molecule has 0 radical (unpaired) electrons. The molecule has 4 aromatic rings. The molecule has 28 heavy (non-hydrogen) atoms. The van der Waals surface area contributed by atoms with Crippen molar-refractivity contribution < 1.29 is 4.74 Å². The second kappa shape index (κ2) is 7.27. The molecule has 0 amide bonds. The van der Waals surface area contributed by atoms with Crippen molar-refractivity contribution in [2.75, 3.05) is 31.4 Å². The number of imidazole rings is 1. The number of para-hydroxylation sites is 2. The fourth-order valence-corrected chi connectivity index (χ4v) is 3.36. The van der Waals surface area contributed by atoms with E-state index >= 15 is 0 Å². The Hall–Kier alpha value is -3.47. The van der Waals surface area contributed by atoms with Crippen LogP contribution in [0.1, 0.15) is 5.69 Å². The minimum atomic E-state index is 0.792. The average molecular weight is 372 g/mol. The number of benzene rings is 2. The van der Waals surface area contributed by atoms with E-state index in [0.717, 1.165) is 45.5 Å². The van der Waals surface area contributed by atoms with Crippen molar-refractivity contribution in [3.8, 4) is 17.0 Å². The van der Waals surface area contributed by atoms with E-state index in [1.165, 1.54) is 0 Å². The van der Waals surface area contributed by atoms with E-state index in [0.29, 0.717) is 0 Å². The lowest BCUT2D eigenvalue weighted by molar-refractivity contribution is 0.417. The molecule has 0 unspecified atom stereocenters. The number of hydrogen-bond acceptors (Lipinski definition) is 4. The minimum Gasteiger partial charge on any atom is -0.495 e. The first-order valence-corrected chi connectivity index (χ1v) is 9.24. The average Bonchev–Trinajstić information content (AvgIpc) is 3.08.